The lowest BCUT2D eigenvalue weighted by atomic mass is 9.62. The molecule has 1 N–H and O–H groups in total. The first kappa shape index (κ1) is 21.4. The van der Waals surface area contributed by atoms with E-state index in [9.17, 15) is 14.7 Å². The van der Waals surface area contributed by atoms with Gasteiger partial charge in [-0.2, -0.15) is 0 Å². The van der Waals surface area contributed by atoms with Crippen molar-refractivity contribution >= 4 is 11.9 Å². The summed E-state index contributed by atoms with van der Waals surface area (Å²) in [7, 11) is 0. The SMILES string of the molecule is O=C(O)C1COCCN1C(=O)c1cc(C2CC2)c(OCC23CC4CCC2CC(C4)C3)cc1F. The number of amides is 1. The molecule has 6 rings (SSSR count). The first-order chi connectivity index (χ1) is 15.9. The van der Waals surface area contributed by atoms with E-state index in [0.29, 0.717) is 12.4 Å². The second-order valence-electron chi connectivity index (χ2n) is 11.1. The Labute approximate surface area is 193 Å². The Morgan fingerprint density at radius 2 is 1.97 bits per heavy atom. The first-order valence-electron chi connectivity index (χ1n) is 12.5. The maximum atomic E-state index is 15.2. The van der Waals surface area contributed by atoms with Gasteiger partial charge in [0.25, 0.3) is 5.91 Å². The molecule has 1 saturated heterocycles. The van der Waals surface area contributed by atoms with Crippen LogP contribution >= 0.6 is 0 Å². The molecule has 3 bridgehead atoms. The molecule has 33 heavy (non-hydrogen) atoms. The normalized spacial score (nSPS) is 35.0. The predicted molar refractivity (Wildman–Crippen MR) is 118 cm³/mol. The minimum atomic E-state index is -1.14. The largest absolute Gasteiger partial charge is 0.493 e. The van der Waals surface area contributed by atoms with Gasteiger partial charge in [-0.1, -0.05) is 6.42 Å². The van der Waals surface area contributed by atoms with Crippen molar-refractivity contribution in [1.29, 1.82) is 0 Å². The summed E-state index contributed by atoms with van der Waals surface area (Å²) in [4.78, 5) is 26.0. The molecule has 5 atom stereocenters. The van der Waals surface area contributed by atoms with Crippen LogP contribution in [0.2, 0.25) is 0 Å². The number of carbonyl (C=O) groups is 2. The van der Waals surface area contributed by atoms with Crippen molar-refractivity contribution in [3.8, 4) is 5.75 Å². The number of rotatable bonds is 6. The second kappa shape index (κ2) is 7.97. The third kappa shape index (κ3) is 3.72. The molecule has 4 aliphatic carbocycles. The minimum absolute atomic E-state index is 0.0618. The summed E-state index contributed by atoms with van der Waals surface area (Å²) < 4.78 is 26.9. The van der Waals surface area contributed by atoms with Gasteiger partial charge in [-0.05, 0) is 80.2 Å². The zero-order chi connectivity index (χ0) is 22.7. The lowest BCUT2D eigenvalue weighted by molar-refractivity contribution is -0.147. The van der Waals surface area contributed by atoms with Crippen LogP contribution in [0.15, 0.2) is 12.1 Å². The van der Waals surface area contributed by atoms with Crippen molar-refractivity contribution in [2.45, 2.75) is 63.3 Å². The smallest absolute Gasteiger partial charge is 0.328 e. The number of hydrogen-bond acceptors (Lipinski definition) is 4. The van der Waals surface area contributed by atoms with Crippen LogP contribution in [-0.2, 0) is 9.53 Å². The molecule has 7 heteroatoms. The first-order valence-corrected chi connectivity index (χ1v) is 12.5. The number of morpholine rings is 1. The van der Waals surface area contributed by atoms with Gasteiger partial charge in [0, 0.05) is 18.0 Å². The van der Waals surface area contributed by atoms with E-state index in [1.807, 2.05) is 0 Å². The lowest BCUT2D eigenvalue weighted by Crippen LogP contribution is -2.52. The molecule has 1 aliphatic heterocycles. The quantitative estimate of drug-likeness (QED) is 0.692. The van der Waals surface area contributed by atoms with Crippen LogP contribution in [0, 0.1) is 29.0 Å². The van der Waals surface area contributed by atoms with E-state index in [-0.39, 0.29) is 36.7 Å². The number of fused-ring (bicyclic) bond motifs is 2. The Bertz CT molecular complexity index is 978. The van der Waals surface area contributed by atoms with Gasteiger partial charge in [0.05, 0.1) is 25.4 Å². The van der Waals surface area contributed by atoms with Crippen LogP contribution in [0.4, 0.5) is 4.39 Å². The van der Waals surface area contributed by atoms with Crippen molar-refractivity contribution in [3.63, 3.8) is 0 Å². The van der Waals surface area contributed by atoms with Gasteiger partial charge in [0.2, 0.25) is 0 Å². The standard InChI is InChI=1S/C26H32FNO5/c27-21-10-23(33-14-26-11-15-1-4-18(26)8-16(7-15)12-26)19(17-2-3-17)9-20(21)24(29)28-5-6-32-13-22(28)25(30)31/h9-10,15-18,22H,1-8,11-14H2,(H,30,31). The van der Waals surface area contributed by atoms with Crippen LogP contribution in [0.3, 0.4) is 0 Å². The molecule has 5 aliphatic rings. The van der Waals surface area contributed by atoms with Crippen molar-refractivity contribution in [2.75, 3.05) is 26.4 Å². The van der Waals surface area contributed by atoms with E-state index >= 15 is 4.39 Å². The number of ether oxygens (including phenoxy) is 2. The van der Waals surface area contributed by atoms with E-state index in [1.165, 1.54) is 49.5 Å². The molecule has 1 heterocycles. The Hall–Kier alpha value is -2.15. The number of carboxylic acids is 1. The third-order valence-corrected chi connectivity index (χ3v) is 9.00. The molecular weight excluding hydrogens is 425 g/mol. The van der Waals surface area contributed by atoms with E-state index < -0.39 is 23.7 Å². The zero-order valence-corrected chi connectivity index (χ0v) is 18.9. The van der Waals surface area contributed by atoms with Gasteiger partial charge < -0.3 is 19.5 Å². The van der Waals surface area contributed by atoms with E-state index in [0.717, 1.165) is 36.2 Å². The van der Waals surface area contributed by atoms with Crippen molar-refractivity contribution in [2.24, 2.45) is 23.2 Å². The zero-order valence-electron chi connectivity index (χ0n) is 18.9. The van der Waals surface area contributed by atoms with Crippen LogP contribution < -0.4 is 4.74 Å². The summed E-state index contributed by atoms with van der Waals surface area (Å²) in [6.45, 7) is 0.948. The Morgan fingerprint density at radius 3 is 2.76 bits per heavy atom. The summed E-state index contributed by atoms with van der Waals surface area (Å²) >= 11 is 0. The number of halogens is 1. The summed E-state index contributed by atoms with van der Waals surface area (Å²) in [5.74, 6) is 0.871. The molecule has 1 aromatic carbocycles. The Kier molecular flexibility index (Phi) is 5.16. The molecule has 178 valence electrons. The van der Waals surface area contributed by atoms with Gasteiger partial charge in [-0.25, -0.2) is 9.18 Å². The molecule has 6 nitrogen and oxygen atoms in total. The number of carbonyl (C=O) groups excluding carboxylic acids is 1. The number of nitrogens with zero attached hydrogens (tertiary/aromatic N) is 1. The summed E-state index contributed by atoms with van der Waals surface area (Å²) in [5.41, 5.74) is 1.07. The second-order valence-corrected chi connectivity index (χ2v) is 11.1. The van der Waals surface area contributed by atoms with Crippen molar-refractivity contribution in [3.05, 3.63) is 29.1 Å². The van der Waals surface area contributed by atoms with Gasteiger partial charge in [0.15, 0.2) is 6.04 Å². The molecular formula is C26H32FNO5. The number of aliphatic carboxylic acids is 1. The van der Waals surface area contributed by atoms with Crippen LogP contribution in [0.5, 0.6) is 5.75 Å². The van der Waals surface area contributed by atoms with Crippen LogP contribution in [0.1, 0.15) is 73.2 Å². The summed E-state index contributed by atoms with van der Waals surface area (Å²) in [5, 5.41) is 9.47. The van der Waals surface area contributed by atoms with E-state index in [2.05, 4.69) is 0 Å². The fraction of sp³-hybridized carbons (Fsp3) is 0.692. The molecule has 5 fully saturated rings. The Balaban J connectivity index is 1.25. The van der Waals surface area contributed by atoms with E-state index in [4.69, 9.17) is 9.47 Å². The maximum absolute atomic E-state index is 15.2. The molecule has 5 unspecified atom stereocenters. The molecule has 1 aromatic rings. The minimum Gasteiger partial charge on any atom is -0.493 e. The van der Waals surface area contributed by atoms with Crippen molar-refractivity contribution in [1.82, 2.24) is 4.90 Å². The lowest BCUT2D eigenvalue weighted by Gasteiger charge is -2.45. The van der Waals surface area contributed by atoms with Gasteiger partial charge in [-0.15, -0.1) is 0 Å². The highest BCUT2D eigenvalue weighted by atomic mass is 19.1. The van der Waals surface area contributed by atoms with Crippen LogP contribution in [-0.4, -0.2) is 54.3 Å². The molecule has 4 saturated carbocycles. The number of carboxylic acid groups (broad SMARTS) is 1. The number of benzene rings is 1. The average Bonchev–Trinajstić information content (AvgIpc) is 3.62. The Morgan fingerprint density at radius 1 is 1.15 bits per heavy atom. The monoisotopic (exact) mass is 457 g/mol. The summed E-state index contributed by atoms with van der Waals surface area (Å²) in [6, 6.07) is 1.91. The maximum Gasteiger partial charge on any atom is 0.328 e. The third-order valence-electron chi connectivity index (χ3n) is 9.00. The fourth-order valence-corrected chi connectivity index (χ4v) is 7.35. The van der Waals surface area contributed by atoms with E-state index in [1.54, 1.807) is 6.07 Å². The molecule has 0 aromatic heterocycles. The highest BCUT2D eigenvalue weighted by molar-refractivity contribution is 5.97. The highest BCUT2D eigenvalue weighted by Crippen LogP contribution is 2.62. The average molecular weight is 458 g/mol. The van der Waals surface area contributed by atoms with Gasteiger partial charge >= 0.3 is 5.97 Å². The predicted octanol–water partition coefficient (Wildman–Crippen LogP) is 4.22. The number of hydrogen-bond donors (Lipinski definition) is 1. The fourth-order valence-electron chi connectivity index (χ4n) is 7.35. The van der Waals surface area contributed by atoms with Crippen LogP contribution in [0.25, 0.3) is 0 Å². The topological polar surface area (TPSA) is 76.1 Å². The molecule has 0 radical (unpaired) electrons. The summed E-state index contributed by atoms with van der Waals surface area (Å²) in [6.07, 6.45) is 9.81. The van der Waals surface area contributed by atoms with Crippen molar-refractivity contribution < 1.29 is 28.6 Å². The molecule has 0 spiro atoms. The van der Waals surface area contributed by atoms with Gasteiger partial charge in [0.1, 0.15) is 11.6 Å². The molecule has 1 amide bonds. The van der Waals surface area contributed by atoms with Gasteiger partial charge in [-0.3, -0.25) is 4.79 Å². The highest BCUT2D eigenvalue weighted by Gasteiger charge is 2.55.